The number of hydrogen-bond donors (Lipinski definition) is 2. The summed E-state index contributed by atoms with van der Waals surface area (Å²) in [6.07, 6.45) is 1.77. The van der Waals surface area contributed by atoms with Crippen LogP contribution in [-0.4, -0.2) is 60.4 Å². The largest absolute Gasteiger partial charge is 0.391 e. The second-order valence-corrected chi connectivity index (χ2v) is 7.79. The average molecular weight is 312 g/mol. The van der Waals surface area contributed by atoms with E-state index in [0.717, 1.165) is 19.4 Å². The van der Waals surface area contributed by atoms with Crippen LogP contribution in [0.25, 0.3) is 0 Å². The summed E-state index contributed by atoms with van der Waals surface area (Å²) in [6.45, 7) is 9.86. The Hall–Kier alpha value is -0.650. The zero-order valence-electron chi connectivity index (χ0n) is 14.6. The molecule has 4 atom stereocenters. The molecule has 0 radical (unpaired) electrons. The molecule has 22 heavy (non-hydrogen) atoms. The SMILES string of the molecule is CC(C)OCCC(=O)N[C@@H]1CC2(C[C@H]1O)CN(C)C2C(C)C. The maximum Gasteiger partial charge on any atom is 0.222 e. The number of aliphatic hydroxyl groups excluding tert-OH is 1. The van der Waals surface area contributed by atoms with Crippen LogP contribution in [0.15, 0.2) is 0 Å². The Morgan fingerprint density at radius 1 is 1.36 bits per heavy atom. The van der Waals surface area contributed by atoms with Crippen LogP contribution in [-0.2, 0) is 9.53 Å². The van der Waals surface area contributed by atoms with Crippen molar-refractivity contribution in [3.63, 3.8) is 0 Å². The van der Waals surface area contributed by atoms with E-state index in [9.17, 15) is 9.90 Å². The van der Waals surface area contributed by atoms with Crippen LogP contribution in [0, 0.1) is 11.3 Å². The average Bonchev–Trinajstić information content (AvgIpc) is 2.65. The highest BCUT2D eigenvalue weighted by atomic mass is 16.5. The molecule has 2 rings (SSSR count). The molecule has 1 saturated carbocycles. The molecule has 0 bridgehead atoms. The van der Waals surface area contributed by atoms with E-state index >= 15 is 0 Å². The molecule has 1 aliphatic carbocycles. The van der Waals surface area contributed by atoms with Crippen molar-refractivity contribution in [2.24, 2.45) is 11.3 Å². The molecule has 2 unspecified atom stereocenters. The number of likely N-dealkylation sites (tertiary alicyclic amines) is 1. The van der Waals surface area contributed by atoms with Crippen LogP contribution < -0.4 is 5.32 Å². The van der Waals surface area contributed by atoms with Gasteiger partial charge in [-0.05, 0) is 39.7 Å². The van der Waals surface area contributed by atoms with Crippen molar-refractivity contribution in [2.75, 3.05) is 20.2 Å². The fraction of sp³-hybridized carbons (Fsp3) is 0.941. The number of carbonyl (C=O) groups is 1. The molecule has 1 aliphatic heterocycles. The van der Waals surface area contributed by atoms with Gasteiger partial charge in [0.1, 0.15) is 0 Å². The highest BCUT2D eigenvalue weighted by Crippen LogP contribution is 2.52. The van der Waals surface area contributed by atoms with Crippen molar-refractivity contribution in [3.05, 3.63) is 0 Å². The maximum atomic E-state index is 12.0. The number of nitrogens with one attached hydrogen (secondary N) is 1. The Balaban J connectivity index is 1.85. The van der Waals surface area contributed by atoms with E-state index in [1.807, 2.05) is 13.8 Å². The summed E-state index contributed by atoms with van der Waals surface area (Å²) >= 11 is 0. The fourth-order valence-corrected chi connectivity index (χ4v) is 4.66. The summed E-state index contributed by atoms with van der Waals surface area (Å²) in [5.41, 5.74) is 0.175. The van der Waals surface area contributed by atoms with Gasteiger partial charge in [0.05, 0.1) is 24.9 Å². The summed E-state index contributed by atoms with van der Waals surface area (Å²) in [7, 11) is 2.15. The number of nitrogens with zero attached hydrogens (tertiary/aromatic N) is 1. The molecule has 0 aromatic rings. The molecule has 1 saturated heterocycles. The van der Waals surface area contributed by atoms with Crippen molar-refractivity contribution in [3.8, 4) is 0 Å². The summed E-state index contributed by atoms with van der Waals surface area (Å²) in [6, 6.07) is 0.398. The Labute approximate surface area is 134 Å². The first-order valence-electron chi connectivity index (χ1n) is 8.54. The normalized spacial score (nSPS) is 35.4. The molecule has 0 aromatic carbocycles. The standard InChI is InChI=1S/C17H32N2O3/c1-11(2)16-17(10-19(16)5)8-13(14(20)9-17)18-15(21)6-7-22-12(3)4/h11-14,16,20H,6-10H2,1-5H3,(H,18,21)/t13-,14-,16?,17?/m1/s1. The van der Waals surface area contributed by atoms with Gasteiger partial charge in [-0.1, -0.05) is 13.8 Å². The summed E-state index contributed by atoms with van der Waals surface area (Å²) in [5, 5.41) is 13.4. The molecule has 5 nitrogen and oxygen atoms in total. The Kier molecular flexibility index (Phi) is 5.51. The predicted molar refractivity (Wildman–Crippen MR) is 86.6 cm³/mol. The third-order valence-corrected chi connectivity index (χ3v) is 5.13. The summed E-state index contributed by atoms with van der Waals surface area (Å²) in [5.74, 6) is 0.551. The van der Waals surface area contributed by atoms with E-state index in [1.54, 1.807) is 0 Å². The molecule has 2 N–H and O–H groups in total. The van der Waals surface area contributed by atoms with Gasteiger partial charge in [-0.2, -0.15) is 0 Å². The Morgan fingerprint density at radius 3 is 2.59 bits per heavy atom. The lowest BCUT2D eigenvalue weighted by molar-refractivity contribution is -0.124. The lowest BCUT2D eigenvalue weighted by atomic mass is 9.66. The van der Waals surface area contributed by atoms with Gasteiger partial charge < -0.3 is 20.1 Å². The van der Waals surface area contributed by atoms with E-state index in [2.05, 4.69) is 31.1 Å². The predicted octanol–water partition coefficient (Wildman–Crippen LogP) is 1.40. The highest BCUT2D eigenvalue weighted by Gasteiger charge is 2.58. The molecular weight excluding hydrogens is 280 g/mol. The number of ether oxygens (including phenoxy) is 1. The summed E-state index contributed by atoms with van der Waals surface area (Å²) in [4.78, 5) is 14.4. The molecule has 1 amide bonds. The van der Waals surface area contributed by atoms with E-state index in [4.69, 9.17) is 4.74 Å². The quantitative estimate of drug-likeness (QED) is 0.778. The lowest BCUT2D eigenvalue weighted by Gasteiger charge is -2.57. The zero-order valence-corrected chi connectivity index (χ0v) is 14.6. The lowest BCUT2D eigenvalue weighted by Crippen LogP contribution is -2.64. The minimum Gasteiger partial charge on any atom is -0.391 e. The molecule has 2 fully saturated rings. The Bertz CT molecular complexity index is 395. The van der Waals surface area contributed by atoms with Gasteiger partial charge in [-0.3, -0.25) is 4.79 Å². The number of carbonyl (C=O) groups excluding carboxylic acids is 1. The molecule has 5 heteroatoms. The van der Waals surface area contributed by atoms with E-state index in [1.165, 1.54) is 0 Å². The van der Waals surface area contributed by atoms with Gasteiger partial charge in [0.15, 0.2) is 0 Å². The van der Waals surface area contributed by atoms with Gasteiger partial charge in [0, 0.05) is 24.4 Å². The smallest absolute Gasteiger partial charge is 0.222 e. The minimum atomic E-state index is -0.426. The van der Waals surface area contributed by atoms with Crippen LogP contribution in [0.1, 0.15) is 47.0 Å². The molecule has 2 aliphatic rings. The van der Waals surface area contributed by atoms with Crippen LogP contribution in [0.2, 0.25) is 0 Å². The Morgan fingerprint density at radius 2 is 2.05 bits per heavy atom. The molecule has 1 spiro atoms. The van der Waals surface area contributed by atoms with Crippen molar-refractivity contribution < 1.29 is 14.6 Å². The topological polar surface area (TPSA) is 61.8 Å². The minimum absolute atomic E-state index is 0.0180. The number of amides is 1. The van der Waals surface area contributed by atoms with Crippen LogP contribution in [0.4, 0.5) is 0 Å². The van der Waals surface area contributed by atoms with Crippen LogP contribution in [0.3, 0.4) is 0 Å². The first-order valence-corrected chi connectivity index (χ1v) is 8.54. The van der Waals surface area contributed by atoms with E-state index < -0.39 is 6.10 Å². The molecule has 0 aromatic heterocycles. The van der Waals surface area contributed by atoms with Crippen molar-refractivity contribution in [1.29, 1.82) is 0 Å². The van der Waals surface area contributed by atoms with Gasteiger partial charge >= 0.3 is 0 Å². The zero-order chi connectivity index (χ0) is 16.5. The highest BCUT2D eigenvalue weighted by molar-refractivity contribution is 5.76. The van der Waals surface area contributed by atoms with Crippen LogP contribution >= 0.6 is 0 Å². The van der Waals surface area contributed by atoms with E-state index in [0.29, 0.717) is 25.0 Å². The van der Waals surface area contributed by atoms with Crippen molar-refractivity contribution in [1.82, 2.24) is 10.2 Å². The third kappa shape index (κ3) is 3.63. The molecular formula is C17H32N2O3. The monoisotopic (exact) mass is 312 g/mol. The molecule has 1 heterocycles. The first kappa shape index (κ1) is 17.7. The van der Waals surface area contributed by atoms with E-state index in [-0.39, 0.29) is 23.5 Å². The van der Waals surface area contributed by atoms with Crippen LogP contribution in [0.5, 0.6) is 0 Å². The van der Waals surface area contributed by atoms with Crippen molar-refractivity contribution in [2.45, 2.75) is 71.2 Å². The maximum absolute atomic E-state index is 12.0. The second kappa shape index (κ2) is 6.85. The third-order valence-electron chi connectivity index (χ3n) is 5.13. The number of aliphatic hydroxyl groups is 1. The van der Waals surface area contributed by atoms with Gasteiger partial charge in [0.25, 0.3) is 0 Å². The second-order valence-electron chi connectivity index (χ2n) is 7.79. The fourth-order valence-electron chi connectivity index (χ4n) is 4.66. The first-order chi connectivity index (χ1) is 10.2. The molecule has 128 valence electrons. The summed E-state index contributed by atoms with van der Waals surface area (Å²) < 4.78 is 5.41. The van der Waals surface area contributed by atoms with Gasteiger partial charge in [0.2, 0.25) is 5.91 Å². The number of rotatable bonds is 6. The van der Waals surface area contributed by atoms with Gasteiger partial charge in [-0.15, -0.1) is 0 Å². The van der Waals surface area contributed by atoms with Gasteiger partial charge in [-0.25, -0.2) is 0 Å². The number of hydrogen-bond acceptors (Lipinski definition) is 4. The van der Waals surface area contributed by atoms with Crippen molar-refractivity contribution >= 4 is 5.91 Å².